The Morgan fingerprint density at radius 1 is 1.18 bits per heavy atom. The Morgan fingerprint density at radius 2 is 1.94 bits per heavy atom. The number of para-hydroxylation sites is 1. The molecule has 0 N–H and O–H groups in total. The maximum absolute atomic E-state index is 13.8. The lowest BCUT2D eigenvalue weighted by atomic mass is 9.89. The first kappa shape index (κ1) is 22.7. The average Bonchev–Trinajstić information content (AvgIpc) is 3.20. The van der Waals surface area contributed by atoms with Crippen LogP contribution in [-0.2, 0) is 17.6 Å². The maximum atomic E-state index is 13.8. The van der Waals surface area contributed by atoms with E-state index < -0.39 is 0 Å². The number of aromatic nitrogens is 2. The van der Waals surface area contributed by atoms with Gasteiger partial charge < -0.3 is 4.90 Å². The highest BCUT2D eigenvalue weighted by Gasteiger charge is 2.26. The lowest BCUT2D eigenvalue weighted by Crippen LogP contribution is -2.39. The van der Waals surface area contributed by atoms with Crippen LogP contribution in [0.5, 0.6) is 0 Å². The Kier molecular flexibility index (Phi) is 6.61. The summed E-state index contributed by atoms with van der Waals surface area (Å²) in [7, 11) is 1.92. The van der Waals surface area contributed by atoms with Gasteiger partial charge in [0.05, 0.1) is 16.8 Å². The van der Waals surface area contributed by atoms with E-state index in [4.69, 9.17) is 4.98 Å². The molecule has 1 amide bonds. The molecule has 174 valence electrons. The van der Waals surface area contributed by atoms with E-state index in [1.165, 1.54) is 41.5 Å². The molecule has 0 bridgehead atoms. The topological polar surface area (TPSA) is 55.2 Å². The number of nitrogens with zero attached hydrogens (tertiary/aromatic N) is 3. The zero-order valence-electron chi connectivity index (χ0n) is 19.4. The smallest absolute Gasteiger partial charge is 0.267 e. The van der Waals surface area contributed by atoms with E-state index in [0.717, 1.165) is 48.0 Å². The Morgan fingerprint density at radius 3 is 2.70 bits per heavy atom. The number of benzene rings is 1. The van der Waals surface area contributed by atoms with Gasteiger partial charge >= 0.3 is 0 Å². The highest BCUT2D eigenvalue weighted by molar-refractivity contribution is 7.99. The van der Waals surface area contributed by atoms with Crippen molar-refractivity contribution in [2.75, 3.05) is 12.8 Å². The van der Waals surface area contributed by atoms with Crippen molar-refractivity contribution in [3.8, 4) is 5.69 Å². The highest BCUT2D eigenvalue weighted by Crippen LogP contribution is 2.37. The SMILES string of the molecule is CC1CCc2c(sc3nc(SCC(=O)N(C)C4CCCCC4)n(-c4ccccc4)c(=O)c23)C1. The van der Waals surface area contributed by atoms with Crippen LogP contribution in [0.15, 0.2) is 40.3 Å². The fourth-order valence-corrected chi connectivity index (χ4v) is 7.53. The minimum atomic E-state index is -0.00571. The molecule has 2 aliphatic carbocycles. The first-order valence-corrected chi connectivity index (χ1v) is 13.8. The van der Waals surface area contributed by atoms with Crippen molar-refractivity contribution in [1.29, 1.82) is 0 Å². The van der Waals surface area contributed by atoms with Gasteiger partial charge in [0, 0.05) is 18.0 Å². The number of fused-ring (bicyclic) bond motifs is 3. The molecular formula is C26H31N3O2S2. The van der Waals surface area contributed by atoms with E-state index in [0.29, 0.717) is 22.9 Å². The number of rotatable bonds is 5. The van der Waals surface area contributed by atoms with Crippen molar-refractivity contribution in [2.24, 2.45) is 5.92 Å². The second kappa shape index (κ2) is 9.63. The molecule has 2 heterocycles. The summed E-state index contributed by atoms with van der Waals surface area (Å²) in [5.41, 5.74) is 1.99. The molecule has 33 heavy (non-hydrogen) atoms. The van der Waals surface area contributed by atoms with Crippen molar-refractivity contribution < 1.29 is 4.79 Å². The second-order valence-electron chi connectivity index (χ2n) is 9.49. The Bertz CT molecular complexity index is 1210. The van der Waals surface area contributed by atoms with Gasteiger partial charge in [-0.1, -0.05) is 56.1 Å². The van der Waals surface area contributed by atoms with E-state index >= 15 is 0 Å². The molecule has 0 saturated heterocycles. The first-order valence-electron chi connectivity index (χ1n) is 12.0. The van der Waals surface area contributed by atoms with Crippen LogP contribution >= 0.6 is 23.1 Å². The molecule has 0 aliphatic heterocycles. The number of carbonyl (C=O) groups excluding carboxylic acids is 1. The number of amides is 1. The molecule has 5 nitrogen and oxygen atoms in total. The van der Waals surface area contributed by atoms with E-state index in [9.17, 15) is 9.59 Å². The number of carbonyl (C=O) groups is 1. The van der Waals surface area contributed by atoms with Gasteiger partial charge in [-0.25, -0.2) is 4.98 Å². The molecule has 3 aromatic rings. The number of thioether (sulfide) groups is 1. The maximum Gasteiger partial charge on any atom is 0.267 e. The summed E-state index contributed by atoms with van der Waals surface area (Å²) in [4.78, 5) is 35.8. The largest absolute Gasteiger partial charge is 0.342 e. The van der Waals surface area contributed by atoms with Crippen molar-refractivity contribution >= 4 is 39.2 Å². The predicted molar refractivity (Wildman–Crippen MR) is 137 cm³/mol. The molecule has 5 rings (SSSR count). The van der Waals surface area contributed by atoms with Gasteiger partial charge in [0.2, 0.25) is 5.91 Å². The monoisotopic (exact) mass is 481 g/mol. The van der Waals surface area contributed by atoms with Crippen LogP contribution in [0.1, 0.15) is 55.9 Å². The lowest BCUT2D eigenvalue weighted by Gasteiger charge is -2.31. The third-order valence-corrected chi connectivity index (χ3v) is 9.23. The van der Waals surface area contributed by atoms with E-state index in [2.05, 4.69) is 6.92 Å². The normalized spacial score (nSPS) is 18.9. The first-order chi connectivity index (χ1) is 16.0. The van der Waals surface area contributed by atoms with Crippen LogP contribution in [-0.4, -0.2) is 39.2 Å². The Hall–Kier alpha value is -2.12. The van der Waals surface area contributed by atoms with Gasteiger partial charge in [-0.15, -0.1) is 11.3 Å². The van der Waals surface area contributed by atoms with E-state index in [1.807, 2.05) is 42.3 Å². The summed E-state index contributed by atoms with van der Waals surface area (Å²) < 4.78 is 1.71. The summed E-state index contributed by atoms with van der Waals surface area (Å²) in [5.74, 6) is 1.05. The molecule has 0 spiro atoms. The molecular weight excluding hydrogens is 450 g/mol. The fraction of sp³-hybridized carbons (Fsp3) is 0.500. The van der Waals surface area contributed by atoms with E-state index in [-0.39, 0.29) is 11.5 Å². The third-order valence-electron chi connectivity index (χ3n) is 7.15. The van der Waals surface area contributed by atoms with Gasteiger partial charge in [0.25, 0.3) is 5.56 Å². The molecule has 1 aromatic carbocycles. The van der Waals surface area contributed by atoms with Crippen LogP contribution in [0, 0.1) is 5.92 Å². The van der Waals surface area contributed by atoms with Gasteiger partial charge in [0.15, 0.2) is 5.16 Å². The van der Waals surface area contributed by atoms with Crippen molar-refractivity contribution in [3.05, 3.63) is 51.1 Å². The molecule has 7 heteroatoms. The number of hydrogen-bond acceptors (Lipinski definition) is 5. The molecule has 2 aliphatic rings. The summed E-state index contributed by atoms with van der Waals surface area (Å²) in [6.45, 7) is 2.28. The third kappa shape index (κ3) is 4.50. The summed E-state index contributed by atoms with van der Waals surface area (Å²) in [6.07, 6.45) is 8.92. The van der Waals surface area contributed by atoms with Crippen LogP contribution < -0.4 is 5.56 Å². The van der Waals surface area contributed by atoms with Crippen molar-refractivity contribution in [2.45, 2.75) is 69.5 Å². The molecule has 1 fully saturated rings. The minimum Gasteiger partial charge on any atom is -0.342 e. The van der Waals surface area contributed by atoms with Gasteiger partial charge in [0.1, 0.15) is 4.83 Å². The standard InChI is InChI=1S/C26H31N3O2S2/c1-17-13-14-20-21(15-17)33-24-23(20)25(31)29(19-11-7-4-8-12-19)26(27-24)32-16-22(30)28(2)18-9-5-3-6-10-18/h4,7-8,11-12,17-18H,3,5-6,9-10,13-16H2,1-2H3. The quantitative estimate of drug-likeness (QED) is 0.359. The van der Waals surface area contributed by atoms with E-state index in [1.54, 1.807) is 15.9 Å². The zero-order chi connectivity index (χ0) is 22.9. The van der Waals surface area contributed by atoms with Crippen LogP contribution in [0.25, 0.3) is 15.9 Å². The Labute approximate surface area is 203 Å². The fourth-order valence-electron chi connectivity index (χ4n) is 5.17. The zero-order valence-corrected chi connectivity index (χ0v) is 21.0. The summed E-state index contributed by atoms with van der Waals surface area (Å²) >= 11 is 3.05. The second-order valence-corrected chi connectivity index (χ2v) is 11.5. The summed E-state index contributed by atoms with van der Waals surface area (Å²) in [6, 6.07) is 10.0. The molecule has 1 atom stereocenters. The van der Waals surface area contributed by atoms with Crippen molar-refractivity contribution in [3.63, 3.8) is 0 Å². The minimum absolute atomic E-state index is 0.00571. The van der Waals surface area contributed by atoms with Crippen LogP contribution in [0.2, 0.25) is 0 Å². The van der Waals surface area contributed by atoms with Gasteiger partial charge in [-0.3, -0.25) is 14.2 Å². The predicted octanol–water partition coefficient (Wildman–Crippen LogP) is 5.46. The number of hydrogen-bond donors (Lipinski definition) is 0. The van der Waals surface area contributed by atoms with Gasteiger partial charge in [-0.05, 0) is 55.7 Å². The number of aryl methyl sites for hydroxylation is 1. The van der Waals surface area contributed by atoms with Crippen molar-refractivity contribution in [1.82, 2.24) is 14.5 Å². The molecule has 2 aromatic heterocycles. The molecule has 0 radical (unpaired) electrons. The van der Waals surface area contributed by atoms with Crippen LogP contribution in [0.3, 0.4) is 0 Å². The molecule has 1 unspecified atom stereocenters. The highest BCUT2D eigenvalue weighted by atomic mass is 32.2. The summed E-state index contributed by atoms with van der Waals surface area (Å²) in [5, 5.41) is 1.39. The average molecular weight is 482 g/mol. The lowest BCUT2D eigenvalue weighted by molar-refractivity contribution is -0.129. The number of thiophene rings is 1. The molecule has 1 saturated carbocycles. The van der Waals surface area contributed by atoms with Crippen LogP contribution in [0.4, 0.5) is 0 Å². The Balaban J connectivity index is 1.50. The van der Waals surface area contributed by atoms with Gasteiger partial charge in [-0.2, -0.15) is 0 Å².